The average molecular weight is 256 g/mol. The molecule has 1 aromatic heterocycles. The summed E-state index contributed by atoms with van der Waals surface area (Å²) in [5.74, 6) is -0.534. The third kappa shape index (κ3) is 4.81. The largest absolute Gasteiger partial charge is 0.480 e. The maximum Gasteiger partial charge on any atom is 0.323 e. The van der Waals surface area contributed by atoms with Crippen LogP contribution in [-0.2, 0) is 11.3 Å². The number of carbonyl (C=O) groups excluding carboxylic acids is 1. The van der Waals surface area contributed by atoms with Gasteiger partial charge in [-0.1, -0.05) is 19.0 Å². The number of carboxylic acids is 1. The molecule has 0 saturated carbocycles. The Labute approximate surface area is 104 Å². The fraction of sp³-hybridized carbons (Fsp3) is 0.600. The van der Waals surface area contributed by atoms with Crippen molar-refractivity contribution in [1.29, 1.82) is 0 Å². The lowest BCUT2D eigenvalue weighted by molar-refractivity contribution is -0.137. The van der Waals surface area contributed by atoms with Gasteiger partial charge in [-0.2, -0.15) is 4.98 Å². The van der Waals surface area contributed by atoms with Gasteiger partial charge in [0.2, 0.25) is 6.39 Å². The summed E-state index contributed by atoms with van der Waals surface area (Å²) in [5.41, 5.74) is 0. The first-order chi connectivity index (χ1) is 8.49. The zero-order chi connectivity index (χ0) is 13.5. The van der Waals surface area contributed by atoms with Gasteiger partial charge in [-0.25, -0.2) is 4.79 Å². The smallest absolute Gasteiger partial charge is 0.323 e. The molecule has 0 saturated heterocycles. The Morgan fingerprint density at radius 2 is 2.28 bits per heavy atom. The third-order valence-electron chi connectivity index (χ3n) is 2.00. The second-order valence-electron chi connectivity index (χ2n) is 4.17. The minimum absolute atomic E-state index is 0.101. The SMILES string of the molecule is CC(C)CN(CC(=O)O)C(=O)NCc1ncon1. The van der Waals surface area contributed by atoms with Gasteiger partial charge in [0.25, 0.3) is 0 Å². The maximum atomic E-state index is 11.8. The zero-order valence-electron chi connectivity index (χ0n) is 10.3. The van der Waals surface area contributed by atoms with Crippen LogP contribution < -0.4 is 5.32 Å². The molecule has 0 unspecified atom stereocenters. The van der Waals surface area contributed by atoms with Crippen molar-refractivity contribution in [2.45, 2.75) is 20.4 Å². The predicted octanol–water partition coefficient (Wildman–Crippen LogP) is 0.322. The fourth-order valence-corrected chi connectivity index (χ4v) is 1.36. The van der Waals surface area contributed by atoms with E-state index in [1.54, 1.807) is 0 Å². The van der Waals surface area contributed by atoms with Gasteiger partial charge in [0.05, 0.1) is 6.54 Å². The van der Waals surface area contributed by atoms with Crippen molar-refractivity contribution >= 4 is 12.0 Å². The van der Waals surface area contributed by atoms with Crippen LogP contribution in [0.25, 0.3) is 0 Å². The summed E-state index contributed by atoms with van der Waals surface area (Å²) in [6, 6.07) is -0.462. The topological polar surface area (TPSA) is 109 Å². The Morgan fingerprint density at radius 1 is 1.56 bits per heavy atom. The van der Waals surface area contributed by atoms with E-state index in [-0.39, 0.29) is 19.0 Å². The minimum Gasteiger partial charge on any atom is -0.480 e. The highest BCUT2D eigenvalue weighted by atomic mass is 16.5. The molecule has 0 aliphatic rings. The summed E-state index contributed by atoms with van der Waals surface area (Å²) >= 11 is 0. The van der Waals surface area contributed by atoms with Crippen LogP contribution in [0.15, 0.2) is 10.9 Å². The molecule has 8 heteroatoms. The van der Waals surface area contributed by atoms with E-state index in [1.165, 1.54) is 4.90 Å². The average Bonchev–Trinajstić information content (AvgIpc) is 2.76. The third-order valence-corrected chi connectivity index (χ3v) is 2.00. The Balaban J connectivity index is 2.50. The molecule has 1 heterocycles. The Kier molecular flexibility index (Phi) is 5.09. The number of carboxylic acid groups (broad SMARTS) is 1. The van der Waals surface area contributed by atoms with Gasteiger partial charge in [-0.3, -0.25) is 4.79 Å². The van der Waals surface area contributed by atoms with E-state index in [4.69, 9.17) is 5.11 Å². The molecule has 0 radical (unpaired) electrons. The van der Waals surface area contributed by atoms with Gasteiger partial charge >= 0.3 is 12.0 Å². The van der Waals surface area contributed by atoms with E-state index in [1.807, 2.05) is 13.8 Å². The molecule has 100 valence electrons. The van der Waals surface area contributed by atoms with Crippen LogP contribution in [-0.4, -0.2) is 45.2 Å². The van der Waals surface area contributed by atoms with E-state index in [0.717, 1.165) is 6.39 Å². The second kappa shape index (κ2) is 6.58. The summed E-state index contributed by atoms with van der Waals surface area (Å²) in [6.07, 6.45) is 1.16. The first-order valence-electron chi connectivity index (χ1n) is 5.49. The standard InChI is InChI=1S/C10H16N4O4/c1-7(2)4-14(5-9(15)16)10(17)11-3-8-12-6-18-13-8/h6-7H,3-5H2,1-2H3,(H,11,17)(H,15,16). The molecule has 0 aliphatic carbocycles. The van der Waals surface area contributed by atoms with E-state index in [0.29, 0.717) is 12.4 Å². The van der Waals surface area contributed by atoms with Crippen molar-refractivity contribution in [3.63, 3.8) is 0 Å². The van der Waals surface area contributed by atoms with Gasteiger partial charge < -0.3 is 19.8 Å². The van der Waals surface area contributed by atoms with Crippen LogP contribution >= 0.6 is 0 Å². The van der Waals surface area contributed by atoms with Crippen LogP contribution in [0.3, 0.4) is 0 Å². The van der Waals surface area contributed by atoms with Gasteiger partial charge in [0.15, 0.2) is 5.82 Å². The van der Waals surface area contributed by atoms with Gasteiger partial charge in [0, 0.05) is 6.54 Å². The summed E-state index contributed by atoms with van der Waals surface area (Å²) in [5, 5.41) is 14.8. The van der Waals surface area contributed by atoms with Gasteiger partial charge in [-0.15, -0.1) is 0 Å². The normalized spacial score (nSPS) is 10.4. The van der Waals surface area contributed by atoms with Crippen LogP contribution in [0.2, 0.25) is 0 Å². The highest BCUT2D eigenvalue weighted by Crippen LogP contribution is 2.00. The lowest BCUT2D eigenvalue weighted by Gasteiger charge is -2.22. The van der Waals surface area contributed by atoms with Crippen LogP contribution in [0.1, 0.15) is 19.7 Å². The lowest BCUT2D eigenvalue weighted by Crippen LogP contribution is -2.44. The minimum atomic E-state index is -1.05. The van der Waals surface area contributed by atoms with E-state index in [2.05, 4.69) is 20.0 Å². The number of amides is 2. The highest BCUT2D eigenvalue weighted by molar-refractivity contribution is 5.80. The zero-order valence-corrected chi connectivity index (χ0v) is 10.3. The van der Waals surface area contributed by atoms with Crippen molar-refractivity contribution in [3.8, 4) is 0 Å². The van der Waals surface area contributed by atoms with E-state index < -0.39 is 12.0 Å². The quantitative estimate of drug-likeness (QED) is 0.758. The first kappa shape index (κ1) is 13.9. The van der Waals surface area contributed by atoms with Crippen molar-refractivity contribution in [2.75, 3.05) is 13.1 Å². The van der Waals surface area contributed by atoms with Crippen LogP contribution in [0.5, 0.6) is 0 Å². The second-order valence-corrected chi connectivity index (χ2v) is 4.17. The van der Waals surface area contributed by atoms with Crippen LogP contribution in [0, 0.1) is 5.92 Å². The molecular weight excluding hydrogens is 240 g/mol. The molecule has 0 fully saturated rings. The van der Waals surface area contributed by atoms with Gasteiger partial charge in [-0.05, 0) is 5.92 Å². The number of aromatic nitrogens is 2. The van der Waals surface area contributed by atoms with Crippen molar-refractivity contribution in [2.24, 2.45) is 5.92 Å². The summed E-state index contributed by atoms with van der Waals surface area (Å²) < 4.78 is 4.52. The Morgan fingerprint density at radius 3 is 2.78 bits per heavy atom. The molecule has 2 N–H and O–H groups in total. The number of rotatable bonds is 6. The van der Waals surface area contributed by atoms with Crippen molar-refractivity contribution in [1.82, 2.24) is 20.4 Å². The first-order valence-corrected chi connectivity index (χ1v) is 5.49. The molecule has 0 aromatic carbocycles. The fourth-order valence-electron chi connectivity index (χ4n) is 1.36. The Hall–Kier alpha value is -2.12. The van der Waals surface area contributed by atoms with Crippen molar-refractivity contribution < 1.29 is 19.2 Å². The molecule has 1 rings (SSSR count). The molecule has 8 nitrogen and oxygen atoms in total. The number of hydrogen-bond donors (Lipinski definition) is 2. The number of aliphatic carboxylic acids is 1. The number of carbonyl (C=O) groups is 2. The number of nitrogens with zero attached hydrogens (tertiary/aromatic N) is 3. The molecule has 2 amide bonds. The van der Waals surface area contributed by atoms with E-state index >= 15 is 0 Å². The molecule has 1 aromatic rings. The monoisotopic (exact) mass is 256 g/mol. The molecular formula is C10H16N4O4. The van der Waals surface area contributed by atoms with Crippen molar-refractivity contribution in [3.05, 3.63) is 12.2 Å². The highest BCUT2D eigenvalue weighted by Gasteiger charge is 2.17. The van der Waals surface area contributed by atoms with Gasteiger partial charge in [0.1, 0.15) is 6.54 Å². The summed E-state index contributed by atoms with van der Waals surface area (Å²) in [7, 11) is 0. The Bertz CT molecular complexity index is 391. The molecule has 0 atom stereocenters. The van der Waals surface area contributed by atoms with Crippen LogP contribution in [0.4, 0.5) is 4.79 Å². The number of nitrogens with one attached hydrogen (secondary N) is 1. The number of urea groups is 1. The summed E-state index contributed by atoms with van der Waals surface area (Å²) in [4.78, 5) is 27.4. The molecule has 0 bridgehead atoms. The predicted molar refractivity (Wildman–Crippen MR) is 60.6 cm³/mol. The molecule has 0 aliphatic heterocycles. The van der Waals surface area contributed by atoms with E-state index in [9.17, 15) is 9.59 Å². The number of hydrogen-bond acceptors (Lipinski definition) is 5. The lowest BCUT2D eigenvalue weighted by atomic mass is 10.2. The maximum absolute atomic E-state index is 11.8. The molecule has 18 heavy (non-hydrogen) atoms. The summed E-state index contributed by atoms with van der Waals surface area (Å²) in [6.45, 7) is 3.94. The molecule has 0 spiro atoms.